The highest BCUT2D eigenvalue weighted by Crippen LogP contribution is 2.42. The second-order valence-electron chi connectivity index (χ2n) is 14.0. The number of carboxylic acids is 1. The first-order valence-electron chi connectivity index (χ1n) is 18.9. The molecule has 2 amide bonds. The third-order valence-corrected chi connectivity index (χ3v) is 9.28. The molecular weight excluding hydrogens is 689 g/mol. The summed E-state index contributed by atoms with van der Waals surface area (Å²) in [6.45, 7) is 7.00. The molecule has 54 heavy (non-hydrogen) atoms. The summed E-state index contributed by atoms with van der Waals surface area (Å²) in [4.78, 5) is 37.8. The van der Waals surface area contributed by atoms with Gasteiger partial charge in [-0.2, -0.15) is 0 Å². The lowest BCUT2D eigenvalue weighted by Crippen LogP contribution is -2.25. The molecule has 0 aliphatic heterocycles. The van der Waals surface area contributed by atoms with E-state index in [0.717, 1.165) is 30.4 Å². The minimum absolute atomic E-state index is 0.0787. The number of carboxylic acid groups (broad SMARTS) is 1. The number of alkyl carbamates (subject to hydrolysis) is 1. The van der Waals surface area contributed by atoms with Gasteiger partial charge in [-0.1, -0.05) is 95.3 Å². The Hall–Kier alpha value is -5.00. The number of nitrogens with one attached hydrogen (secondary N) is 2. The van der Waals surface area contributed by atoms with E-state index in [4.69, 9.17) is 9.84 Å². The number of aromatic nitrogens is 1. The summed E-state index contributed by atoms with van der Waals surface area (Å²) in [5.74, 6) is -2.11. The van der Waals surface area contributed by atoms with Gasteiger partial charge in [-0.15, -0.1) is 0 Å². The van der Waals surface area contributed by atoms with Crippen molar-refractivity contribution in [2.75, 3.05) is 11.9 Å². The van der Waals surface area contributed by atoms with Gasteiger partial charge in [-0.05, 0) is 78.3 Å². The Morgan fingerprint density at radius 1 is 0.833 bits per heavy atom. The predicted octanol–water partition coefficient (Wildman–Crippen LogP) is 8.90. The van der Waals surface area contributed by atoms with Gasteiger partial charge in [0, 0.05) is 30.0 Å². The van der Waals surface area contributed by atoms with Crippen LogP contribution in [0, 0.1) is 5.82 Å². The highest BCUT2D eigenvalue weighted by atomic mass is 19.1. The molecule has 3 aromatic carbocycles. The lowest BCUT2D eigenvalue weighted by atomic mass is 9.94. The number of unbranched alkanes of at least 4 members (excludes halogenated alkanes) is 5. The van der Waals surface area contributed by atoms with Crippen LogP contribution in [0.5, 0.6) is 0 Å². The van der Waals surface area contributed by atoms with Gasteiger partial charge in [-0.3, -0.25) is 9.59 Å². The summed E-state index contributed by atoms with van der Waals surface area (Å²) in [5, 5.41) is 36.0. The largest absolute Gasteiger partial charge is 0.481 e. The van der Waals surface area contributed by atoms with Crippen LogP contribution in [-0.2, 0) is 22.7 Å². The minimum atomic E-state index is -1.21. The number of aliphatic hydroxyl groups is 2. The van der Waals surface area contributed by atoms with Gasteiger partial charge in [0.15, 0.2) is 0 Å². The normalized spacial score (nSPS) is 12.4. The van der Waals surface area contributed by atoms with Crippen LogP contribution in [0.15, 0.2) is 78.9 Å². The first-order valence-corrected chi connectivity index (χ1v) is 18.9. The summed E-state index contributed by atoms with van der Waals surface area (Å²) >= 11 is 0. The molecule has 0 spiro atoms. The molecule has 1 aromatic heterocycles. The zero-order valence-electron chi connectivity index (χ0n) is 31.5. The third kappa shape index (κ3) is 12.3. The van der Waals surface area contributed by atoms with E-state index in [0.29, 0.717) is 40.3 Å². The van der Waals surface area contributed by atoms with Crippen molar-refractivity contribution in [1.29, 1.82) is 0 Å². The summed E-state index contributed by atoms with van der Waals surface area (Å²) in [5.41, 5.74) is 5.14. The van der Waals surface area contributed by atoms with Gasteiger partial charge in [0.2, 0.25) is 0 Å². The number of halogens is 1. The van der Waals surface area contributed by atoms with Crippen LogP contribution >= 0.6 is 0 Å². The second-order valence-corrected chi connectivity index (χ2v) is 14.0. The number of hydrogen-bond acceptors (Lipinski definition) is 6. The zero-order chi connectivity index (χ0) is 39.0. The van der Waals surface area contributed by atoms with E-state index in [2.05, 4.69) is 17.6 Å². The number of anilines is 1. The number of aliphatic carboxylic acids is 1. The SMILES string of the molecule is CCCCCCCCNC(=O)OCc1ccc(NC(=O)c2c(-c3ccccc3)c(-c3ccc(F)cc3)n(CC[C@@H](O)C[C@@H](O)CC(=O)O)c2C(C)C)cc1. The predicted molar refractivity (Wildman–Crippen MR) is 209 cm³/mol. The van der Waals surface area contributed by atoms with Gasteiger partial charge in [-0.25, -0.2) is 9.18 Å². The first-order chi connectivity index (χ1) is 26.0. The number of nitrogens with zero attached hydrogens (tertiary/aromatic N) is 1. The van der Waals surface area contributed by atoms with Gasteiger partial charge in [0.1, 0.15) is 12.4 Å². The fraction of sp³-hybridized carbons (Fsp3) is 0.419. The van der Waals surface area contributed by atoms with Crippen molar-refractivity contribution in [2.45, 2.75) is 110 Å². The van der Waals surface area contributed by atoms with E-state index >= 15 is 0 Å². The number of amides is 2. The summed E-state index contributed by atoms with van der Waals surface area (Å²) in [6.07, 6.45) is 3.63. The van der Waals surface area contributed by atoms with Crippen LogP contribution in [0.3, 0.4) is 0 Å². The topological polar surface area (TPSA) is 150 Å². The van der Waals surface area contributed by atoms with Gasteiger partial charge in [0.05, 0.1) is 29.9 Å². The Kier molecular flexibility index (Phi) is 16.3. The van der Waals surface area contributed by atoms with Crippen LogP contribution < -0.4 is 10.6 Å². The average Bonchev–Trinajstić information content (AvgIpc) is 3.49. The monoisotopic (exact) mass is 743 g/mol. The number of carbonyl (C=O) groups excluding carboxylic acids is 2. The Bertz CT molecular complexity index is 1790. The lowest BCUT2D eigenvalue weighted by molar-refractivity contribution is -0.139. The van der Waals surface area contributed by atoms with E-state index in [-0.39, 0.29) is 37.8 Å². The first kappa shape index (κ1) is 41.8. The maximum atomic E-state index is 14.5. The van der Waals surface area contributed by atoms with Gasteiger partial charge >= 0.3 is 12.1 Å². The van der Waals surface area contributed by atoms with E-state index < -0.39 is 36.5 Å². The van der Waals surface area contributed by atoms with E-state index in [1.807, 2.05) is 48.7 Å². The quantitative estimate of drug-likeness (QED) is 0.0535. The summed E-state index contributed by atoms with van der Waals surface area (Å²) in [7, 11) is 0. The van der Waals surface area contributed by atoms with Crippen LogP contribution in [0.25, 0.3) is 22.4 Å². The molecule has 10 nitrogen and oxygen atoms in total. The lowest BCUT2D eigenvalue weighted by Gasteiger charge is -2.20. The molecule has 0 bridgehead atoms. The molecule has 0 saturated heterocycles. The van der Waals surface area contributed by atoms with Crippen molar-refractivity contribution in [1.82, 2.24) is 9.88 Å². The highest BCUT2D eigenvalue weighted by Gasteiger charge is 2.31. The minimum Gasteiger partial charge on any atom is -0.481 e. The number of carbonyl (C=O) groups is 3. The Morgan fingerprint density at radius 2 is 1.50 bits per heavy atom. The highest BCUT2D eigenvalue weighted by molar-refractivity contribution is 6.12. The zero-order valence-corrected chi connectivity index (χ0v) is 31.5. The molecular formula is C43H54FN3O7. The summed E-state index contributed by atoms with van der Waals surface area (Å²) < 4.78 is 21.6. The molecule has 290 valence electrons. The molecule has 11 heteroatoms. The van der Waals surface area contributed by atoms with Crippen molar-refractivity contribution >= 4 is 23.7 Å². The van der Waals surface area contributed by atoms with Crippen molar-refractivity contribution < 1.29 is 38.8 Å². The Labute approximate surface area is 317 Å². The molecule has 0 radical (unpaired) electrons. The van der Waals surface area contributed by atoms with Crippen molar-refractivity contribution in [3.05, 3.63) is 102 Å². The van der Waals surface area contributed by atoms with Crippen LogP contribution in [0.1, 0.15) is 106 Å². The van der Waals surface area contributed by atoms with Gasteiger partial charge < -0.3 is 35.3 Å². The number of rotatable bonds is 21. The average molecular weight is 744 g/mol. The number of ether oxygens (including phenoxy) is 1. The molecule has 5 N–H and O–H groups in total. The molecule has 1 heterocycles. The van der Waals surface area contributed by atoms with E-state index in [1.165, 1.54) is 31.4 Å². The standard InChI is InChI=1S/C43H54FN3O7/c1-4-5-6-7-8-12-24-45-43(53)54-28-30-15-21-34(22-16-30)46-42(52)39-38(31-13-10-9-11-14-31)41(32-17-19-33(44)20-18-32)47(40(39)29(2)3)25-23-35(48)26-36(49)27-37(50)51/h9-11,13-22,29,35-36,48-49H,4-8,12,23-28H2,1-3H3,(H,45,53)(H,46,52)(H,50,51)/t35-,36-/m1/s1. The van der Waals surface area contributed by atoms with Gasteiger partial charge in [0.25, 0.3) is 5.91 Å². The molecule has 0 unspecified atom stereocenters. The number of aliphatic hydroxyl groups excluding tert-OH is 2. The Morgan fingerprint density at radius 3 is 2.15 bits per heavy atom. The van der Waals surface area contributed by atoms with Crippen molar-refractivity contribution in [3.63, 3.8) is 0 Å². The number of benzene rings is 3. The molecule has 0 saturated carbocycles. The number of hydrogen-bond donors (Lipinski definition) is 5. The van der Waals surface area contributed by atoms with Crippen LogP contribution in [0.4, 0.5) is 14.9 Å². The molecule has 0 aliphatic carbocycles. The summed E-state index contributed by atoms with van der Waals surface area (Å²) in [6, 6.07) is 22.5. The molecule has 4 rings (SSSR count). The van der Waals surface area contributed by atoms with Crippen LogP contribution in [0.2, 0.25) is 0 Å². The second kappa shape index (κ2) is 21.0. The third-order valence-electron chi connectivity index (χ3n) is 9.28. The smallest absolute Gasteiger partial charge is 0.407 e. The molecule has 0 aliphatic rings. The fourth-order valence-corrected chi connectivity index (χ4v) is 6.66. The fourth-order valence-electron chi connectivity index (χ4n) is 6.66. The molecule has 0 fully saturated rings. The maximum absolute atomic E-state index is 14.5. The van der Waals surface area contributed by atoms with Crippen LogP contribution in [-0.4, -0.2) is 56.6 Å². The molecule has 2 atom stereocenters. The van der Waals surface area contributed by atoms with Crippen molar-refractivity contribution in [3.8, 4) is 22.4 Å². The molecule has 4 aromatic rings. The van der Waals surface area contributed by atoms with E-state index in [1.54, 1.807) is 36.4 Å². The maximum Gasteiger partial charge on any atom is 0.407 e. The van der Waals surface area contributed by atoms with Crippen molar-refractivity contribution in [2.24, 2.45) is 0 Å². The Balaban J connectivity index is 1.60. The van der Waals surface area contributed by atoms with E-state index in [9.17, 15) is 29.0 Å².